The maximum Gasteiger partial charge on any atom is 0.103 e. The van der Waals surface area contributed by atoms with Crippen LogP contribution in [0.1, 0.15) is 50.7 Å². The highest BCUT2D eigenvalue weighted by molar-refractivity contribution is 4.98. The van der Waals surface area contributed by atoms with Gasteiger partial charge in [-0.15, -0.1) is 0 Å². The summed E-state index contributed by atoms with van der Waals surface area (Å²) in [6.45, 7) is 0. The SMILES string of the molecule is NNC(CCc1ccco1)C1CCCCCC1. The van der Waals surface area contributed by atoms with Crippen molar-refractivity contribution in [1.82, 2.24) is 5.43 Å². The second kappa shape index (κ2) is 6.82. The predicted octanol–water partition coefficient (Wildman–Crippen LogP) is 3.01. The molecular formula is C14H24N2O. The summed E-state index contributed by atoms with van der Waals surface area (Å²) in [5.74, 6) is 7.53. The van der Waals surface area contributed by atoms with E-state index < -0.39 is 0 Å². The molecule has 0 amide bonds. The van der Waals surface area contributed by atoms with Crippen LogP contribution in [0.15, 0.2) is 22.8 Å². The lowest BCUT2D eigenvalue weighted by Gasteiger charge is -2.25. The molecule has 0 spiro atoms. The molecule has 3 N–H and O–H groups in total. The maximum absolute atomic E-state index is 5.71. The van der Waals surface area contributed by atoms with Gasteiger partial charge in [0.05, 0.1) is 6.26 Å². The molecule has 2 rings (SSSR count). The highest BCUT2D eigenvalue weighted by Crippen LogP contribution is 2.27. The van der Waals surface area contributed by atoms with Gasteiger partial charge in [-0.2, -0.15) is 0 Å². The summed E-state index contributed by atoms with van der Waals surface area (Å²) in [7, 11) is 0. The lowest BCUT2D eigenvalue weighted by molar-refractivity contribution is 0.302. The Labute approximate surface area is 104 Å². The molecule has 1 saturated carbocycles. The van der Waals surface area contributed by atoms with Gasteiger partial charge in [0.15, 0.2) is 0 Å². The number of furan rings is 1. The molecule has 1 unspecified atom stereocenters. The van der Waals surface area contributed by atoms with Gasteiger partial charge in [-0.25, -0.2) is 0 Å². The van der Waals surface area contributed by atoms with Crippen LogP contribution >= 0.6 is 0 Å². The summed E-state index contributed by atoms with van der Waals surface area (Å²) in [6.07, 6.45) is 12.0. The first-order valence-electron chi connectivity index (χ1n) is 6.88. The zero-order chi connectivity index (χ0) is 11.9. The average Bonchev–Trinajstić information content (AvgIpc) is 2.72. The van der Waals surface area contributed by atoms with Crippen molar-refractivity contribution < 1.29 is 4.42 Å². The lowest BCUT2D eigenvalue weighted by Crippen LogP contribution is -2.41. The molecule has 3 heteroatoms. The average molecular weight is 236 g/mol. The van der Waals surface area contributed by atoms with E-state index in [0.29, 0.717) is 6.04 Å². The minimum absolute atomic E-state index is 0.443. The number of aryl methyl sites for hydroxylation is 1. The Morgan fingerprint density at radius 1 is 1.29 bits per heavy atom. The maximum atomic E-state index is 5.71. The summed E-state index contributed by atoms with van der Waals surface area (Å²) in [5.41, 5.74) is 3.02. The number of nitrogens with two attached hydrogens (primary N) is 1. The number of nitrogens with one attached hydrogen (secondary N) is 1. The second-order valence-corrected chi connectivity index (χ2v) is 5.14. The van der Waals surface area contributed by atoms with Crippen molar-refractivity contribution in [1.29, 1.82) is 0 Å². The topological polar surface area (TPSA) is 51.2 Å². The fraction of sp³-hybridized carbons (Fsp3) is 0.714. The summed E-state index contributed by atoms with van der Waals surface area (Å²) in [5, 5.41) is 0. The first kappa shape index (κ1) is 12.7. The Morgan fingerprint density at radius 3 is 2.65 bits per heavy atom. The van der Waals surface area contributed by atoms with Crippen molar-refractivity contribution in [2.24, 2.45) is 11.8 Å². The summed E-state index contributed by atoms with van der Waals surface area (Å²) in [4.78, 5) is 0. The van der Waals surface area contributed by atoms with E-state index in [1.807, 2.05) is 12.1 Å². The molecule has 0 bridgehead atoms. The number of hydrogen-bond donors (Lipinski definition) is 2. The standard InChI is InChI=1S/C14H24N2O/c15-16-14(10-9-13-8-5-11-17-13)12-6-3-1-2-4-7-12/h5,8,11-12,14,16H,1-4,6-7,9-10,15H2. The van der Waals surface area contributed by atoms with Gasteiger partial charge < -0.3 is 4.42 Å². The summed E-state index contributed by atoms with van der Waals surface area (Å²) in [6, 6.07) is 4.44. The van der Waals surface area contributed by atoms with E-state index in [1.165, 1.54) is 38.5 Å². The monoisotopic (exact) mass is 236 g/mol. The first-order chi connectivity index (χ1) is 8.40. The number of rotatable bonds is 5. The minimum atomic E-state index is 0.443. The Bertz CT molecular complexity index is 289. The third kappa shape index (κ3) is 3.86. The zero-order valence-corrected chi connectivity index (χ0v) is 10.5. The van der Waals surface area contributed by atoms with Crippen LogP contribution in [-0.2, 0) is 6.42 Å². The van der Waals surface area contributed by atoms with E-state index in [9.17, 15) is 0 Å². The van der Waals surface area contributed by atoms with Crippen molar-refractivity contribution in [3.63, 3.8) is 0 Å². The van der Waals surface area contributed by atoms with Gasteiger partial charge in [-0.05, 0) is 37.3 Å². The van der Waals surface area contributed by atoms with E-state index in [-0.39, 0.29) is 0 Å². The molecule has 17 heavy (non-hydrogen) atoms. The van der Waals surface area contributed by atoms with Gasteiger partial charge in [0.2, 0.25) is 0 Å². The van der Waals surface area contributed by atoms with Crippen molar-refractivity contribution in [3.8, 4) is 0 Å². The molecule has 1 fully saturated rings. The van der Waals surface area contributed by atoms with Crippen molar-refractivity contribution in [2.75, 3.05) is 0 Å². The van der Waals surface area contributed by atoms with Crippen LogP contribution in [0.4, 0.5) is 0 Å². The molecule has 1 heterocycles. The fourth-order valence-electron chi connectivity index (χ4n) is 2.92. The van der Waals surface area contributed by atoms with Gasteiger partial charge in [-0.3, -0.25) is 11.3 Å². The molecule has 1 atom stereocenters. The highest BCUT2D eigenvalue weighted by Gasteiger charge is 2.21. The fourth-order valence-corrected chi connectivity index (χ4v) is 2.92. The molecule has 0 saturated heterocycles. The van der Waals surface area contributed by atoms with Crippen LogP contribution in [0.3, 0.4) is 0 Å². The molecule has 3 nitrogen and oxygen atoms in total. The van der Waals surface area contributed by atoms with Crippen LogP contribution in [0.25, 0.3) is 0 Å². The highest BCUT2D eigenvalue weighted by atomic mass is 16.3. The van der Waals surface area contributed by atoms with Crippen LogP contribution in [0.5, 0.6) is 0 Å². The van der Waals surface area contributed by atoms with E-state index in [4.69, 9.17) is 10.3 Å². The van der Waals surface area contributed by atoms with Crippen molar-refractivity contribution >= 4 is 0 Å². The normalized spacial score (nSPS) is 20.1. The molecule has 1 aromatic heterocycles. The molecule has 0 aliphatic heterocycles. The van der Waals surface area contributed by atoms with E-state index in [0.717, 1.165) is 24.5 Å². The minimum Gasteiger partial charge on any atom is -0.469 e. The lowest BCUT2D eigenvalue weighted by atomic mass is 9.89. The van der Waals surface area contributed by atoms with Crippen molar-refractivity contribution in [2.45, 2.75) is 57.4 Å². The van der Waals surface area contributed by atoms with Gasteiger partial charge in [0.1, 0.15) is 5.76 Å². The Kier molecular flexibility index (Phi) is 5.08. The zero-order valence-electron chi connectivity index (χ0n) is 10.5. The summed E-state index contributed by atoms with van der Waals surface area (Å²) < 4.78 is 5.37. The molecule has 1 aliphatic carbocycles. The summed E-state index contributed by atoms with van der Waals surface area (Å²) >= 11 is 0. The van der Waals surface area contributed by atoms with Gasteiger partial charge in [0.25, 0.3) is 0 Å². The van der Waals surface area contributed by atoms with Crippen molar-refractivity contribution in [3.05, 3.63) is 24.2 Å². The van der Waals surface area contributed by atoms with E-state index in [1.54, 1.807) is 6.26 Å². The molecule has 0 radical (unpaired) electrons. The number of hydrogen-bond acceptors (Lipinski definition) is 3. The molecular weight excluding hydrogens is 212 g/mol. The smallest absolute Gasteiger partial charge is 0.103 e. The quantitative estimate of drug-likeness (QED) is 0.469. The van der Waals surface area contributed by atoms with E-state index in [2.05, 4.69) is 5.43 Å². The molecule has 96 valence electrons. The Hall–Kier alpha value is -0.800. The third-order valence-electron chi connectivity index (χ3n) is 3.96. The largest absolute Gasteiger partial charge is 0.469 e. The van der Waals surface area contributed by atoms with Gasteiger partial charge in [0, 0.05) is 12.5 Å². The number of hydrazine groups is 1. The molecule has 1 aliphatic rings. The molecule has 0 aromatic carbocycles. The Morgan fingerprint density at radius 2 is 2.06 bits per heavy atom. The molecule has 1 aromatic rings. The first-order valence-corrected chi connectivity index (χ1v) is 6.88. The van der Waals surface area contributed by atoms with Crippen LogP contribution in [0.2, 0.25) is 0 Å². The second-order valence-electron chi connectivity index (χ2n) is 5.14. The Balaban J connectivity index is 1.82. The van der Waals surface area contributed by atoms with Crippen LogP contribution < -0.4 is 11.3 Å². The van der Waals surface area contributed by atoms with Gasteiger partial charge >= 0.3 is 0 Å². The van der Waals surface area contributed by atoms with E-state index >= 15 is 0 Å². The predicted molar refractivity (Wildman–Crippen MR) is 69.3 cm³/mol. The van der Waals surface area contributed by atoms with Gasteiger partial charge in [-0.1, -0.05) is 25.7 Å². The van der Waals surface area contributed by atoms with Crippen LogP contribution in [-0.4, -0.2) is 6.04 Å². The third-order valence-corrected chi connectivity index (χ3v) is 3.96. The van der Waals surface area contributed by atoms with Crippen LogP contribution in [0, 0.1) is 5.92 Å².